The van der Waals surface area contributed by atoms with Gasteiger partial charge in [0.15, 0.2) is 0 Å². The van der Waals surface area contributed by atoms with Crippen molar-refractivity contribution < 1.29 is 19.4 Å². The summed E-state index contributed by atoms with van der Waals surface area (Å²) in [7, 11) is 0. The van der Waals surface area contributed by atoms with Crippen molar-refractivity contribution >= 4 is 23.8 Å². The Morgan fingerprint density at radius 3 is 2.61 bits per heavy atom. The lowest BCUT2D eigenvalue weighted by atomic mass is 9.69. The number of alkyl carbamates (subject to hydrolysis) is 1. The van der Waals surface area contributed by atoms with Crippen LogP contribution in [0, 0.1) is 5.41 Å². The number of hydrogen-bond acceptors (Lipinski definition) is 4. The van der Waals surface area contributed by atoms with E-state index in [0.29, 0.717) is 5.75 Å². The summed E-state index contributed by atoms with van der Waals surface area (Å²) in [6.07, 6.45) is 0.183. The molecule has 0 spiro atoms. The first-order valence-electron chi connectivity index (χ1n) is 7.63. The lowest BCUT2D eigenvalue weighted by molar-refractivity contribution is -0.139. The van der Waals surface area contributed by atoms with Gasteiger partial charge in [0.25, 0.3) is 0 Å². The van der Waals surface area contributed by atoms with E-state index in [1.807, 2.05) is 44.2 Å². The third-order valence-electron chi connectivity index (χ3n) is 4.52. The van der Waals surface area contributed by atoms with Gasteiger partial charge in [0.05, 0.1) is 12.0 Å². The molecule has 0 radical (unpaired) electrons. The number of aliphatic carboxylic acids is 1. The molecule has 1 amide bonds. The molecule has 1 fully saturated rings. The Hall–Kier alpha value is -1.69. The molecule has 1 aliphatic rings. The summed E-state index contributed by atoms with van der Waals surface area (Å²) in [5.74, 6) is 0.630. The van der Waals surface area contributed by atoms with E-state index >= 15 is 0 Å². The zero-order valence-electron chi connectivity index (χ0n) is 13.5. The number of carboxylic acids is 1. The lowest BCUT2D eigenvalue weighted by Gasteiger charge is -2.49. The van der Waals surface area contributed by atoms with Crippen LogP contribution in [0.5, 0.6) is 0 Å². The lowest BCUT2D eigenvalue weighted by Crippen LogP contribution is -2.62. The normalized spacial score (nSPS) is 23.0. The summed E-state index contributed by atoms with van der Waals surface area (Å²) in [6.45, 7) is 4.18. The molecule has 1 aromatic carbocycles. The van der Waals surface area contributed by atoms with Crippen molar-refractivity contribution in [3.05, 3.63) is 35.9 Å². The molecule has 0 bridgehead atoms. The third-order valence-corrected chi connectivity index (χ3v) is 5.71. The Morgan fingerprint density at radius 2 is 2.00 bits per heavy atom. The Labute approximate surface area is 140 Å². The molecule has 126 valence electrons. The van der Waals surface area contributed by atoms with Crippen LogP contribution in [0.3, 0.4) is 0 Å². The monoisotopic (exact) mass is 337 g/mol. The second kappa shape index (κ2) is 7.25. The van der Waals surface area contributed by atoms with Crippen LogP contribution in [-0.4, -0.2) is 34.2 Å². The highest BCUT2D eigenvalue weighted by Gasteiger charge is 2.49. The van der Waals surface area contributed by atoms with Crippen molar-refractivity contribution in [3.8, 4) is 0 Å². The van der Waals surface area contributed by atoms with Gasteiger partial charge in [-0.1, -0.05) is 44.2 Å². The average molecular weight is 337 g/mol. The summed E-state index contributed by atoms with van der Waals surface area (Å²) in [5, 5.41) is 12.1. The first-order valence-corrected chi connectivity index (χ1v) is 8.79. The van der Waals surface area contributed by atoms with Crippen LogP contribution in [-0.2, 0) is 16.1 Å². The molecule has 5 nitrogen and oxygen atoms in total. The van der Waals surface area contributed by atoms with Crippen molar-refractivity contribution in [1.82, 2.24) is 5.32 Å². The number of nitrogens with one attached hydrogen (secondary N) is 1. The molecule has 0 aromatic heterocycles. The fraction of sp³-hybridized carbons (Fsp3) is 0.529. The maximum Gasteiger partial charge on any atom is 0.407 e. The Kier molecular flexibility index (Phi) is 5.57. The van der Waals surface area contributed by atoms with E-state index in [-0.39, 0.29) is 18.4 Å². The van der Waals surface area contributed by atoms with E-state index in [1.165, 1.54) is 0 Å². The molecule has 0 saturated carbocycles. The van der Waals surface area contributed by atoms with E-state index in [0.717, 1.165) is 17.7 Å². The minimum atomic E-state index is -0.913. The molecular weight excluding hydrogens is 314 g/mol. The van der Waals surface area contributed by atoms with Crippen LogP contribution in [0.1, 0.15) is 32.3 Å². The Bertz CT molecular complexity index is 561. The SMILES string of the molecule is CC1(C)CCSCC1(CC(=O)O)NC(=O)OCc1ccccc1. The molecule has 1 saturated heterocycles. The summed E-state index contributed by atoms with van der Waals surface area (Å²) in [4.78, 5) is 23.5. The van der Waals surface area contributed by atoms with Gasteiger partial charge in [-0.25, -0.2) is 4.79 Å². The molecule has 1 aliphatic heterocycles. The summed E-state index contributed by atoms with van der Waals surface area (Å²) in [6, 6.07) is 9.40. The molecular formula is C17H23NO4S. The van der Waals surface area contributed by atoms with E-state index in [4.69, 9.17) is 4.74 Å². The zero-order chi connectivity index (χ0) is 16.9. The predicted molar refractivity (Wildman–Crippen MR) is 90.5 cm³/mol. The predicted octanol–water partition coefficient (Wildman–Crippen LogP) is 3.29. The highest BCUT2D eigenvalue weighted by molar-refractivity contribution is 7.99. The maximum atomic E-state index is 12.2. The largest absolute Gasteiger partial charge is 0.481 e. The maximum absolute atomic E-state index is 12.2. The van der Waals surface area contributed by atoms with Gasteiger partial charge in [-0.05, 0) is 23.2 Å². The minimum Gasteiger partial charge on any atom is -0.481 e. The van der Waals surface area contributed by atoms with Crippen molar-refractivity contribution in [2.75, 3.05) is 11.5 Å². The fourth-order valence-corrected chi connectivity index (χ4v) is 4.47. The summed E-state index contributed by atoms with van der Waals surface area (Å²) < 4.78 is 5.28. The van der Waals surface area contributed by atoms with Gasteiger partial charge < -0.3 is 15.2 Å². The topological polar surface area (TPSA) is 75.6 Å². The third kappa shape index (κ3) is 4.41. The number of carbonyl (C=O) groups excluding carboxylic acids is 1. The van der Waals surface area contributed by atoms with E-state index in [9.17, 15) is 14.7 Å². The highest BCUT2D eigenvalue weighted by atomic mass is 32.2. The van der Waals surface area contributed by atoms with Crippen LogP contribution in [0.25, 0.3) is 0 Å². The van der Waals surface area contributed by atoms with Crippen LogP contribution < -0.4 is 5.32 Å². The number of hydrogen-bond donors (Lipinski definition) is 2. The van der Waals surface area contributed by atoms with E-state index < -0.39 is 17.6 Å². The highest BCUT2D eigenvalue weighted by Crippen LogP contribution is 2.44. The Morgan fingerprint density at radius 1 is 1.30 bits per heavy atom. The fourth-order valence-electron chi connectivity index (χ4n) is 2.76. The average Bonchev–Trinajstić information content (AvgIpc) is 2.49. The molecule has 23 heavy (non-hydrogen) atoms. The van der Waals surface area contributed by atoms with Crippen molar-refractivity contribution in [2.24, 2.45) is 5.41 Å². The van der Waals surface area contributed by atoms with Gasteiger partial charge in [-0.2, -0.15) is 11.8 Å². The van der Waals surface area contributed by atoms with Crippen LogP contribution in [0.2, 0.25) is 0 Å². The van der Waals surface area contributed by atoms with Gasteiger partial charge >= 0.3 is 12.1 Å². The molecule has 2 N–H and O–H groups in total. The summed E-state index contributed by atoms with van der Waals surface area (Å²) in [5.41, 5.74) is -0.204. The molecule has 1 atom stereocenters. The first-order chi connectivity index (χ1) is 10.8. The minimum absolute atomic E-state index is 0.104. The molecule has 6 heteroatoms. The van der Waals surface area contributed by atoms with Gasteiger partial charge in [0, 0.05) is 5.75 Å². The second-order valence-corrected chi connectivity index (χ2v) is 7.63. The number of thioether (sulfide) groups is 1. The van der Waals surface area contributed by atoms with Gasteiger partial charge in [0.1, 0.15) is 6.61 Å². The quantitative estimate of drug-likeness (QED) is 0.862. The standard InChI is InChI=1S/C17H23NO4S/c1-16(2)8-9-23-12-17(16,10-14(19)20)18-15(21)22-11-13-6-4-3-5-7-13/h3-7H,8-12H2,1-2H3,(H,18,21)(H,19,20). The van der Waals surface area contributed by atoms with Crippen LogP contribution >= 0.6 is 11.8 Å². The molecule has 1 unspecified atom stereocenters. The van der Waals surface area contributed by atoms with Gasteiger partial charge in [0.2, 0.25) is 0 Å². The smallest absolute Gasteiger partial charge is 0.407 e. The zero-order valence-corrected chi connectivity index (χ0v) is 14.3. The number of amides is 1. The number of carbonyl (C=O) groups is 2. The van der Waals surface area contributed by atoms with Crippen molar-refractivity contribution in [3.63, 3.8) is 0 Å². The Balaban J connectivity index is 2.05. The van der Waals surface area contributed by atoms with Crippen LogP contribution in [0.4, 0.5) is 4.79 Å². The molecule has 1 heterocycles. The summed E-state index contributed by atoms with van der Waals surface area (Å²) >= 11 is 1.67. The van der Waals surface area contributed by atoms with Crippen molar-refractivity contribution in [1.29, 1.82) is 0 Å². The number of ether oxygens (including phenoxy) is 1. The van der Waals surface area contributed by atoms with Crippen molar-refractivity contribution in [2.45, 2.75) is 38.8 Å². The number of carboxylic acid groups (broad SMARTS) is 1. The molecule has 2 rings (SSSR count). The second-order valence-electron chi connectivity index (χ2n) is 6.53. The number of benzene rings is 1. The van der Waals surface area contributed by atoms with E-state index in [1.54, 1.807) is 11.8 Å². The van der Waals surface area contributed by atoms with Gasteiger partial charge in [-0.3, -0.25) is 4.79 Å². The van der Waals surface area contributed by atoms with E-state index in [2.05, 4.69) is 5.32 Å². The number of rotatable bonds is 5. The molecule has 0 aliphatic carbocycles. The van der Waals surface area contributed by atoms with Crippen LogP contribution in [0.15, 0.2) is 30.3 Å². The first kappa shape index (κ1) is 17.7. The molecule has 1 aromatic rings. The van der Waals surface area contributed by atoms with Gasteiger partial charge in [-0.15, -0.1) is 0 Å².